The zero-order chi connectivity index (χ0) is 76.6. The molecule has 11 atom stereocenters. The van der Waals surface area contributed by atoms with E-state index in [4.69, 9.17) is 37.0 Å². The number of benzene rings is 1. The summed E-state index contributed by atoms with van der Waals surface area (Å²) in [6, 6.07) is -6.97. The largest absolute Gasteiger partial charge is 0.508 e. The van der Waals surface area contributed by atoms with E-state index in [0.29, 0.717) is 24.9 Å². The Bertz CT molecular complexity index is 2860. The Morgan fingerprint density at radius 1 is 0.505 bits per heavy atom. The average Bonchev–Trinajstić information content (AvgIpc) is 0.849. The van der Waals surface area contributed by atoms with Crippen LogP contribution in [0.4, 0.5) is 26.3 Å². The lowest BCUT2D eigenvalue weighted by molar-refractivity contribution is -0.193. The van der Waals surface area contributed by atoms with Crippen LogP contribution in [0.1, 0.15) is 127 Å². The molecule has 562 valence electrons. The molecule has 99 heavy (non-hydrogen) atoms. The van der Waals surface area contributed by atoms with Crippen molar-refractivity contribution >= 4 is 82.8 Å². The first-order valence-corrected chi connectivity index (χ1v) is 31.8. The maximum absolute atomic E-state index is 14.3. The minimum atomic E-state index is -5.08. The molecule has 1 aromatic rings. The number of carbonyl (C=O) groups is 14. The van der Waals surface area contributed by atoms with E-state index < -0.39 is 192 Å². The van der Waals surface area contributed by atoms with Gasteiger partial charge in [-0.05, 0) is 114 Å². The van der Waals surface area contributed by atoms with Gasteiger partial charge in [0.15, 0.2) is 0 Å². The number of rotatable bonds is 10. The predicted molar refractivity (Wildman–Crippen MR) is 344 cm³/mol. The van der Waals surface area contributed by atoms with Crippen LogP contribution >= 0.6 is 0 Å². The van der Waals surface area contributed by atoms with E-state index in [1.165, 1.54) is 40.0 Å². The molecule has 20 N–H and O–H groups in total. The van der Waals surface area contributed by atoms with E-state index in [0.717, 1.165) is 4.90 Å². The highest BCUT2D eigenvalue weighted by Crippen LogP contribution is 2.17. The molecule has 0 radical (unpaired) electrons. The van der Waals surface area contributed by atoms with Gasteiger partial charge in [-0.1, -0.05) is 67.5 Å². The van der Waals surface area contributed by atoms with Gasteiger partial charge >= 0.3 is 24.3 Å². The summed E-state index contributed by atoms with van der Waals surface area (Å²) in [7, 11) is 1.37. The van der Waals surface area contributed by atoms with Gasteiger partial charge in [-0.2, -0.15) is 26.3 Å². The molecule has 0 aromatic heterocycles. The van der Waals surface area contributed by atoms with Crippen LogP contribution in [0.5, 0.6) is 5.75 Å². The Hall–Kier alpha value is -8.94. The summed E-state index contributed by atoms with van der Waals surface area (Å²) < 4.78 is 63.5. The van der Waals surface area contributed by atoms with Gasteiger partial charge in [-0.25, -0.2) is 9.59 Å². The molecule has 0 aliphatic carbocycles. The van der Waals surface area contributed by atoms with Crippen LogP contribution in [0.25, 0.3) is 0 Å². The van der Waals surface area contributed by atoms with Crippen LogP contribution in [0.2, 0.25) is 0 Å². The molecule has 0 unspecified atom stereocenters. The fourth-order valence-electron chi connectivity index (χ4n) is 8.76. The second-order valence-corrected chi connectivity index (χ2v) is 24.7. The highest BCUT2D eigenvalue weighted by Gasteiger charge is 2.40. The molecule has 0 saturated carbocycles. The molecule has 32 nitrogen and oxygen atoms in total. The predicted octanol–water partition coefficient (Wildman–Crippen LogP) is -1.70. The number of nitrogens with two attached hydrogens (primary N) is 3. The number of carbonyl (C=O) groups excluding carboxylic acids is 12. The minimum absolute atomic E-state index is 0.0108. The summed E-state index contributed by atoms with van der Waals surface area (Å²) in [5, 5.41) is 53.3. The van der Waals surface area contributed by atoms with Gasteiger partial charge in [0.25, 0.3) is 0 Å². The van der Waals surface area contributed by atoms with Crippen molar-refractivity contribution in [2.75, 3.05) is 33.2 Å². The van der Waals surface area contributed by atoms with Gasteiger partial charge in [0.1, 0.15) is 60.1 Å². The number of hydrogen-bond acceptors (Lipinski definition) is 18. The van der Waals surface area contributed by atoms with Gasteiger partial charge in [-0.15, -0.1) is 0 Å². The molecule has 1 fully saturated rings. The van der Waals surface area contributed by atoms with Crippen LogP contribution < -0.4 is 75.7 Å². The fraction of sp³-hybridized carbons (Fsp3) is 0.672. The molecule has 1 heterocycles. The maximum Gasteiger partial charge on any atom is 0.490 e. The number of unbranched alkanes of at least 4 members (excludes halogenated alkanes) is 1. The number of nitrogens with one attached hydrogen (secondary N) is 11. The van der Waals surface area contributed by atoms with Gasteiger partial charge < -0.3 is 95.9 Å². The lowest BCUT2D eigenvalue weighted by Gasteiger charge is -2.32. The van der Waals surface area contributed by atoms with Gasteiger partial charge in [0, 0.05) is 26.6 Å². The molecule has 0 bridgehead atoms. The monoisotopic (exact) mass is 1430 g/mol. The number of carboxylic acid groups (broad SMARTS) is 2. The second-order valence-electron chi connectivity index (χ2n) is 24.7. The van der Waals surface area contributed by atoms with Gasteiger partial charge in [0.2, 0.25) is 70.9 Å². The van der Waals surface area contributed by atoms with Crippen molar-refractivity contribution in [1.29, 1.82) is 0 Å². The number of hydrogen-bond donors (Lipinski definition) is 17. The number of alkyl halides is 6. The fourth-order valence-corrected chi connectivity index (χ4v) is 8.76. The molecule has 38 heteroatoms. The molecule has 1 aliphatic rings. The minimum Gasteiger partial charge on any atom is -0.508 e. The lowest BCUT2D eigenvalue weighted by Crippen LogP contribution is -2.61. The Morgan fingerprint density at radius 3 is 1.35 bits per heavy atom. The number of phenolic OH excluding ortho intramolecular Hbond substituents is 1. The first-order valence-electron chi connectivity index (χ1n) is 31.8. The van der Waals surface area contributed by atoms with E-state index in [2.05, 4.69) is 58.5 Å². The third-order valence-corrected chi connectivity index (χ3v) is 15.0. The number of halogens is 6. The zero-order valence-corrected chi connectivity index (χ0v) is 57.5. The van der Waals surface area contributed by atoms with E-state index in [9.17, 15) is 89.0 Å². The highest BCUT2D eigenvalue weighted by molar-refractivity contribution is 5.98. The van der Waals surface area contributed by atoms with Crippen LogP contribution in [0, 0.1) is 23.7 Å². The van der Waals surface area contributed by atoms with Gasteiger partial charge in [0.05, 0.1) is 18.6 Å². The molecule has 0 spiro atoms. The Labute approximate surface area is 569 Å². The van der Waals surface area contributed by atoms with Crippen molar-refractivity contribution in [3.8, 4) is 5.75 Å². The summed E-state index contributed by atoms with van der Waals surface area (Å²) in [5.74, 6) is -15.8. The Kier molecular flexibility index (Phi) is 39.5. The summed E-state index contributed by atoms with van der Waals surface area (Å²) in [5.41, 5.74) is 18.7. The first kappa shape index (κ1) is 90.1. The van der Waals surface area contributed by atoms with Crippen molar-refractivity contribution in [3.63, 3.8) is 0 Å². The van der Waals surface area contributed by atoms with Crippen LogP contribution in [-0.2, 0) is 73.5 Å². The molecule has 1 saturated heterocycles. The Balaban J connectivity index is 0.00000615. The molecule has 12 amide bonds. The lowest BCUT2D eigenvalue weighted by atomic mass is 9.99. The topological polar surface area (TPSA) is 513 Å². The average molecular weight is 1430 g/mol. The smallest absolute Gasteiger partial charge is 0.490 e. The third-order valence-electron chi connectivity index (χ3n) is 15.0. The van der Waals surface area contributed by atoms with Crippen LogP contribution in [0.15, 0.2) is 24.3 Å². The molecule has 1 aromatic carbocycles. The van der Waals surface area contributed by atoms with Crippen molar-refractivity contribution in [3.05, 3.63) is 29.8 Å². The SMILES string of the molecule is CC(C)[C@@H]1NC(=O)[C@H](C)NC(=O)CNC(=O)[C@H](C)NC(=O)[C@@H](N)CCCNC(=O)[C@H](CCCCN)NC(=O)[C@H](Cc2ccc(O)cc2)NC(=O)[C@H](C(C)C)NC(=O)[C@H](C)N(C)C(=O)[C@H](C(C)C)NC(=O)[C@@H](N)CCCNC(=O)[C@H](C(C)C)NC1=O.O=C(O)C(F)(F)F.O=C(O)C(F)(F)F. The standard InChI is InChI=1S/C57H97N15O13.2C2HF3O2/c1-29(2)43-54(82)62-26-16-18-39(60)51(79)71-46(32(7)8)57(85)72(12)35(11)49(77)69-44(30(3)4)55(83)67-41(27-36-20-22-37(73)23-21-36)53(81)66-40(19-13-14-24-58)52(80)61-25-15-17-38(59)50(78)65-33(9)47(75)63-28-42(74)64-34(10)48(76)68-45(31(5)6)56(84)70-43;2*3-2(4,5)1(6)7/h20-23,29-35,38-41,43-46,73H,13-19,24-28,58-60H2,1-12H3,(H,61,80)(H,62,82)(H,63,75)(H,64,74)(H,65,78)(H,66,81)(H,67,83)(H,68,76)(H,69,77)(H,70,84)(H,71,79);2*(H,6,7)/t33-,34-,35-,38-,39-,40-,41-,43-,44-,45-,46-;;/m0../s1. The van der Waals surface area contributed by atoms with Crippen molar-refractivity contribution in [1.82, 2.24) is 63.4 Å². The summed E-state index contributed by atoms with van der Waals surface area (Å²) >= 11 is 0. The zero-order valence-electron chi connectivity index (χ0n) is 57.5. The first-order chi connectivity index (χ1) is 45.7. The maximum atomic E-state index is 14.3. The van der Waals surface area contributed by atoms with Crippen molar-refractivity contribution in [2.45, 2.75) is 206 Å². The van der Waals surface area contributed by atoms with Crippen molar-refractivity contribution < 1.29 is 109 Å². The van der Waals surface area contributed by atoms with Crippen LogP contribution in [-0.4, -0.2) is 215 Å². The number of nitrogens with zero attached hydrogens (tertiary/aromatic N) is 1. The van der Waals surface area contributed by atoms with E-state index in [1.54, 1.807) is 67.5 Å². The molecule has 2 rings (SSSR count). The highest BCUT2D eigenvalue weighted by atomic mass is 19.4. The van der Waals surface area contributed by atoms with Gasteiger partial charge in [-0.3, -0.25) is 57.5 Å². The number of aliphatic carboxylic acids is 2. The number of aromatic hydroxyl groups is 1. The number of likely N-dealkylation sites (N-methyl/N-ethyl adjacent to an activating group) is 1. The Morgan fingerprint density at radius 2 is 0.899 bits per heavy atom. The molecular formula is C61H99F6N15O17. The number of phenols is 1. The van der Waals surface area contributed by atoms with E-state index in [-0.39, 0.29) is 57.4 Å². The third kappa shape index (κ3) is 33.9. The van der Waals surface area contributed by atoms with Crippen LogP contribution in [0.3, 0.4) is 0 Å². The second kappa shape index (κ2) is 43.5. The molecular weight excluding hydrogens is 1330 g/mol. The van der Waals surface area contributed by atoms with E-state index in [1.807, 2.05) is 0 Å². The normalized spacial score (nSPS) is 24.9. The number of carboxylic acids is 2. The quantitative estimate of drug-likeness (QED) is 0.0917. The summed E-state index contributed by atoms with van der Waals surface area (Å²) in [6.07, 6.45) is -8.69. The summed E-state index contributed by atoms with van der Waals surface area (Å²) in [6.45, 7) is 17.4. The summed E-state index contributed by atoms with van der Waals surface area (Å²) in [4.78, 5) is 182. The molecule has 1 aliphatic heterocycles. The number of amides is 12. The van der Waals surface area contributed by atoms with E-state index >= 15 is 0 Å². The van der Waals surface area contributed by atoms with Crippen molar-refractivity contribution in [2.24, 2.45) is 40.9 Å².